The molecule has 2 aromatic rings. The summed E-state index contributed by atoms with van der Waals surface area (Å²) in [6.45, 7) is 8.28. The van der Waals surface area contributed by atoms with Crippen LogP contribution in [0.25, 0.3) is 10.9 Å². The molecule has 1 aromatic carbocycles. The van der Waals surface area contributed by atoms with Crippen molar-refractivity contribution in [2.75, 3.05) is 32.8 Å². The SMILES string of the molecule is CC(C)[C@@H](CNC(=O)CCc1nc2ccccc2c(=O)[nH]1)N1CCOCC1. The van der Waals surface area contributed by atoms with Crippen molar-refractivity contribution in [2.45, 2.75) is 32.7 Å². The zero-order chi connectivity index (χ0) is 19.2. The van der Waals surface area contributed by atoms with Crippen molar-refractivity contribution in [3.8, 4) is 0 Å². The van der Waals surface area contributed by atoms with E-state index in [-0.39, 0.29) is 11.5 Å². The number of rotatable bonds is 7. The van der Waals surface area contributed by atoms with Crippen LogP contribution in [0.1, 0.15) is 26.1 Å². The van der Waals surface area contributed by atoms with E-state index in [0.29, 0.717) is 48.1 Å². The number of amides is 1. The minimum atomic E-state index is -0.164. The number of aromatic amines is 1. The van der Waals surface area contributed by atoms with Crippen LogP contribution in [0.5, 0.6) is 0 Å². The molecule has 7 nitrogen and oxygen atoms in total. The number of ether oxygens (including phenoxy) is 1. The Balaban J connectivity index is 1.54. The van der Waals surface area contributed by atoms with Gasteiger partial charge in [-0.3, -0.25) is 14.5 Å². The van der Waals surface area contributed by atoms with Crippen molar-refractivity contribution in [1.29, 1.82) is 0 Å². The molecular formula is C20H28N4O3. The second-order valence-corrected chi connectivity index (χ2v) is 7.29. The summed E-state index contributed by atoms with van der Waals surface area (Å²) in [7, 11) is 0. The van der Waals surface area contributed by atoms with Crippen molar-refractivity contribution in [3.05, 3.63) is 40.4 Å². The normalized spacial score (nSPS) is 16.6. The minimum absolute atomic E-state index is 0.0234. The highest BCUT2D eigenvalue weighted by molar-refractivity contribution is 5.78. The highest BCUT2D eigenvalue weighted by atomic mass is 16.5. The highest BCUT2D eigenvalue weighted by Crippen LogP contribution is 2.12. The molecule has 1 atom stereocenters. The summed E-state index contributed by atoms with van der Waals surface area (Å²) < 4.78 is 5.42. The largest absolute Gasteiger partial charge is 0.379 e. The van der Waals surface area contributed by atoms with E-state index < -0.39 is 0 Å². The molecule has 2 N–H and O–H groups in total. The second-order valence-electron chi connectivity index (χ2n) is 7.29. The van der Waals surface area contributed by atoms with Crippen LogP contribution in [0, 0.1) is 5.92 Å². The van der Waals surface area contributed by atoms with Crippen LogP contribution in [-0.2, 0) is 16.0 Å². The number of fused-ring (bicyclic) bond motifs is 1. The van der Waals surface area contributed by atoms with E-state index in [9.17, 15) is 9.59 Å². The molecule has 1 fully saturated rings. The Morgan fingerprint density at radius 3 is 2.78 bits per heavy atom. The zero-order valence-electron chi connectivity index (χ0n) is 16.0. The molecule has 0 bridgehead atoms. The van der Waals surface area contributed by atoms with Crippen LogP contribution in [0.2, 0.25) is 0 Å². The fourth-order valence-corrected chi connectivity index (χ4v) is 3.49. The van der Waals surface area contributed by atoms with Gasteiger partial charge in [0, 0.05) is 38.5 Å². The molecule has 0 spiro atoms. The summed E-state index contributed by atoms with van der Waals surface area (Å²) in [4.78, 5) is 34.0. The predicted molar refractivity (Wildman–Crippen MR) is 105 cm³/mol. The smallest absolute Gasteiger partial charge is 0.258 e. The van der Waals surface area contributed by atoms with Crippen molar-refractivity contribution >= 4 is 16.8 Å². The van der Waals surface area contributed by atoms with Gasteiger partial charge in [0.2, 0.25) is 5.91 Å². The molecule has 1 aromatic heterocycles. The molecule has 0 unspecified atom stereocenters. The molecule has 3 rings (SSSR count). The Labute approximate surface area is 159 Å². The molecule has 1 aliphatic rings. The lowest BCUT2D eigenvalue weighted by molar-refractivity contribution is -0.121. The summed E-state index contributed by atoms with van der Waals surface area (Å²) in [5, 5.41) is 3.61. The summed E-state index contributed by atoms with van der Waals surface area (Å²) in [6, 6.07) is 7.52. The van der Waals surface area contributed by atoms with Crippen LogP contribution in [-0.4, -0.2) is 59.7 Å². The third-order valence-electron chi connectivity index (χ3n) is 5.04. The Morgan fingerprint density at radius 1 is 1.30 bits per heavy atom. The third-order valence-corrected chi connectivity index (χ3v) is 5.04. The number of carbonyl (C=O) groups excluding carboxylic acids is 1. The average molecular weight is 372 g/mol. The summed E-state index contributed by atoms with van der Waals surface area (Å²) in [5.74, 6) is 0.967. The number of aryl methyl sites for hydroxylation is 1. The summed E-state index contributed by atoms with van der Waals surface area (Å²) >= 11 is 0. The number of hydrogen-bond donors (Lipinski definition) is 2. The number of hydrogen-bond acceptors (Lipinski definition) is 5. The van der Waals surface area contributed by atoms with Gasteiger partial charge in [0.05, 0.1) is 24.1 Å². The molecule has 2 heterocycles. The molecule has 0 radical (unpaired) electrons. The third kappa shape index (κ3) is 5.14. The molecule has 1 amide bonds. The van der Waals surface area contributed by atoms with E-state index in [1.165, 1.54) is 0 Å². The molecule has 7 heteroatoms. The van der Waals surface area contributed by atoms with Gasteiger partial charge >= 0.3 is 0 Å². The quantitative estimate of drug-likeness (QED) is 0.766. The van der Waals surface area contributed by atoms with Crippen LogP contribution in [0.4, 0.5) is 0 Å². The van der Waals surface area contributed by atoms with Gasteiger partial charge in [-0.1, -0.05) is 26.0 Å². The topological polar surface area (TPSA) is 87.3 Å². The first-order chi connectivity index (χ1) is 13.0. The van der Waals surface area contributed by atoms with Crippen molar-refractivity contribution in [3.63, 3.8) is 0 Å². The van der Waals surface area contributed by atoms with Gasteiger partial charge in [0.1, 0.15) is 5.82 Å². The first-order valence-corrected chi connectivity index (χ1v) is 9.61. The fourth-order valence-electron chi connectivity index (χ4n) is 3.49. The van der Waals surface area contributed by atoms with E-state index in [0.717, 1.165) is 26.3 Å². The fraction of sp³-hybridized carbons (Fsp3) is 0.550. The van der Waals surface area contributed by atoms with Gasteiger partial charge in [-0.2, -0.15) is 0 Å². The van der Waals surface area contributed by atoms with E-state index >= 15 is 0 Å². The van der Waals surface area contributed by atoms with E-state index in [2.05, 4.69) is 34.0 Å². The van der Waals surface area contributed by atoms with Crippen LogP contribution in [0.3, 0.4) is 0 Å². The maximum Gasteiger partial charge on any atom is 0.258 e. The first-order valence-electron chi connectivity index (χ1n) is 9.61. The molecule has 27 heavy (non-hydrogen) atoms. The predicted octanol–water partition coefficient (Wildman–Crippen LogP) is 1.33. The maximum atomic E-state index is 12.3. The Bertz CT molecular complexity index is 827. The monoisotopic (exact) mass is 372 g/mol. The van der Waals surface area contributed by atoms with Crippen LogP contribution < -0.4 is 10.9 Å². The van der Waals surface area contributed by atoms with Gasteiger partial charge in [-0.25, -0.2) is 4.98 Å². The average Bonchev–Trinajstić information content (AvgIpc) is 2.67. The first kappa shape index (κ1) is 19.5. The lowest BCUT2D eigenvalue weighted by Gasteiger charge is -2.36. The van der Waals surface area contributed by atoms with Crippen LogP contribution in [0.15, 0.2) is 29.1 Å². The van der Waals surface area contributed by atoms with Crippen LogP contribution >= 0.6 is 0 Å². The Kier molecular flexibility index (Phi) is 6.58. The molecule has 146 valence electrons. The molecule has 1 aliphatic heterocycles. The number of benzene rings is 1. The second kappa shape index (κ2) is 9.10. The minimum Gasteiger partial charge on any atom is -0.379 e. The summed E-state index contributed by atoms with van der Waals surface area (Å²) in [5.41, 5.74) is 0.493. The molecule has 0 aliphatic carbocycles. The number of para-hydroxylation sites is 1. The number of nitrogens with one attached hydrogen (secondary N) is 2. The van der Waals surface area contributed by atoms with Crippen molar-refractivity contribution in [2.24, 2.45) is 5.92 Å². The Morgan fingerprint density at radius 2 is 2.04 bits per heavy atom. The number of morpholine rings is 1. The lowest BCUT2D eigenvalue weighted by Crippen LogP contribution is -2.51. The molecule has 1 saturated heterocycles. The van der Waals surface area contributed by atoms with Gasteiger partial charge in [-0.15, -0.1) is 0 Å². The number of aromatic nitrogens is 2. The van der Waals surface area contributed by atoms with Crippen molar-refractivity contribution in [1.82, 2.24) is 20.2 Å². The van der Waals surface area contributed by atoms with Gasteiger partial charge < -0.3 is 15.0 Å². The standard InChI is InChI=1S/C20H28N4O3/c1-14(2)17(24-9-11-27-12-10-24)13-21-19(25)8-7-18-22-16-6-4-3-5-15(16)20(26)23-18/h3-6,14,17H,7-13H2,1-2H3,(H,21,25)(H,22,23,26)/t17-/m1/s1. The maximum absolute atomic E-state index is 12.3. The lowest BCUT2D eigenvalue weighted by atomic mass is 10.0. The van der Waals surface area contributed by atoms with Gasteiger partial charge in [0.15, 0.2) is 0 Å². The van der Waals surface area contributed by atoms with Crippen molar-refractivity contribution < 1.29 is 9.53 Å². The number of carbonyl (C=O) groups is 1. The summed E-state index contributed by atoms with van der Waals surface area (Å²) in [6.07, 6.45) is 0.713. The van der Waals surface area contributed by atoms with Gasteiger partial charge in [-0.05, 0) is 18.1 Å². The molecule has 0 saturated carbocycles. The van der Waals surface area contributed by atoms with E-state index in [4.69, 9.17) is 4.74 Å². The molecular weight excluding hydrogens is 344 g/mol. The highest BCUT2D eigenvalue weighted by Gasteiger charge is 2.24. The van der Waals surface area contributed by atoms with E-state index in [1.807, 2.05) is 18.2 Å². The van der Waals surface area contributed by atoms with E-state index in [1.54, 1.807) is 6.07 Å². The number of nitrogens with zero attached hydrogens (tertiary/aromatic N) is 2. The van der Waals surface area contributed by atoms with Gasteiger partial charge in [0.25, 0.3) is 5.56 Å². The Hall–Kier alpha value is -2.25. The zero-order valence-corrected chi connectivity index (χ0v) is 16.0. The number of H-pyrrole nitrogens is 1.